The van der Waals surface area contributed by atoms with Crippen LogP contribution < -0.4 is 10.1 Å². The predicted molar refractivity (Wildman–Crippen MR) is 94.3 cm³/mol. The zero-order valence-corrected chi connectivity index (χ0v) is 14.9. The molecular formula is C15H23IN4O. The molecule has 1 aliphatic carbocycles. The van der Waals surface area contributed by atoms with Gasteiger partial charge in [-0.2, -0.15) is 0 Å². The number of aliphatic imine (C=N–C) groups is 1. The van der Waals surface area contributed by atoms with Gasteiger partial charge in [0.2, 0.25) is 5.88 Å². The molecule has 1 aromatic heterocycles. The Kier molecular flexibility index (Phi) is 5.66. The van der Waals surface area contributed by atoms with Crippen LogP contribution in [0, 0.1) is 5.92 Å². The van der Waals surface area contributed by atoms with Crippen LogP contribution in [0.2, 0.25) is 0 Å². The van der Waals surface area contributed by atoms with Crippen molar-refractivity contribution in [1.29, 1.82) is 0 Å². The van der Waals surface area contributed by atoms with Crippen LogP contribution in [0.5, 0.6) is 5.88 Å². The van der Waals surface area contributed by atoms with Crippen LogP contribution in [0.15, 0.2) is 29.4 Å². The van der Waals surface area contributed by atoms with Gasteiger partial charge < -0.3 is 15.0 Å². The topological polar surface area (TPSA) is 49.8 Å². The lowest BCUT2D eigenvalue weighted by Gasteiger charge is -2.21. The molecule has 0 bridgehead atoms. The second kappa shape index (κ2) is 7.29. The molecule has 1 aliphatic heterocycles. The van der Waals surface area contributed by atoms with Crippen molar-refractivity contribution in [3.05, 3.63) is 24.4 Å². The number of hydrogen-bond acceptors (Lipinski definition) is 3. The summed E-state index contributed by atoms with van der Waals surface area (Å²) in [5, 5.41) is 3.52. The van der Waals surface area contributed by atoms with Crippen molar-refractivity contribution in [1.82, 2.24) is 15.2 Å². The lowest BCUT2D eigenvalue weighted by atomic mass is 10.3. The highest BCUT2D eigenvalue weighted by Gasteiger charge is 2.35. The number of halogens is 1. The van der Waals surface area contributed by atoms with Crippen molar-refractivity contribution in [2.24, 2.45) is 10.9 Å². The third-order valence-corrected chi connectivity index (χ3v) is 4.01. The molecule has 3 rings (SSSR count). The van der Waals surface area contributed by atoms with Gasteiger partial charge in [-0.3, -0.25) is 4.99 Å². The van der Waals surface area contributed by atoms with Gasteiger partial charge in [-0.05, 0) is 18.4 Å². The first-order chi connectivity index (χ1) is 9.76. The lowest BCUT2D eigenvalue weighted by molar-refractivity contribution is 0.205. The molecule has 2 heterocycles. The summed E-state index contributed by atoms with van der Waals surface area (Å²) in [7, 11) is 1.85. The van der Waals surface area contributed by atoms with Crippen LogP contribution in [-0.2, 0) is 0 Å². The minimum absolute atomic E-state index is 0. The summed E-state index contributed by atoms with van der Waals surface area (Å²) < 4.78 is 5.91. The molecule has 1 aromatic rings. The van der Waals surface area contributed by atoms with E-state index in [0.29, 0.717) is 11.9 Å². The molecule has 1 saturated heterocycles. The maximum absolute atomic E-state index is 5.91. The van der Waals surface area contributed by atoms with Gasteiger partial charge in [-0.25, -0.2) is 4.98 Å². The first-order valence-electron chi connectivity index (χ1n) is 7.32. The van der Waals surface area contributed by atoms with Crippen LogP contribution in [0.3, 0.4) is 0 Å². The van der Waals surface area contributed by atoms with Crippen molar-refractivity contribution >= 4 is 29.9 Å². The molecule has 3 unspecified atom stereocenters. The number of hydrogen-bond donors (Lipinski definition) is 1. The summed E-state index contributed by atoms with van der Waals surface area (Å²) in [6, 6.07) is 6.35. The SMILES string of the molecule is CN=C(NC1CC1C)N1CCC(Oc2ccccn2)C1.I. The number of ether oxygens (including phenoxy) is 1. The molecule has 0 aromatic carbocycles. The number of pyridine rings is 1. The van der Waals surface area contributed by atoms with Crippen molar-refractivity contribution in [3.63, 3.8) is 0 Å². The minimum atomic E-state index is 0. The lowest BCUT2D eigenvalue weighted by Crippen LogP contribution is -2.42. The second-order valence-corrected chi connectivity index (χ2v) is 5.65. The van der Waals surface area contributed by atoms with Crippen LogP contribution >= 0.6 is 24.0 Å². The van der Waals surface area contributed by atoms with E-state index in [9.17, 15) is 0 Å². The molecule has 1 N–H and O–H groups in total. The third kappa shape index (κ3) is 4.21. The first-order valence-corrected chi connectivity index (χ1v) is 7.32. The number of likely N-dealkylation sites (tertiary alicyclic amines) is 1. The highest BCUT2D eigenvalue weighted by Crippen LogP contribution is 2.29. The fraction of sp³-hybridized carbons (Fsp3) is 0.600. The Bertz CT molecular complexity index is 482. The van der Waals surface area contributed by atoms with Gasteiger partial charge in [0.05, 0.1) is 6.54 Å². The highest BCUT2D eigenvalue weighted by atomic mass is 127. The number of aromatic nitrogens is 1. The van der Waals surface area contributed by atoms with E-state index >= 15 is 0 Å². The summed E-state index contributed by atoms with van der Waals surface area (Å²) in [5.41, 5.74) is 0. The minimum Gasteiger partial charge on any atom is -0.472 e. The Morgan fingerprint density at radius 1 is 1.48 bits per heavy atom. The van der Waals surface area contributed by atoms with Crippen molar-refractivity contribution in [2.75, 3.05) is 20.1 Å². The van der Waals surface area contributed by atoms with Gasteiger partial charge in [0.1, 0.15) is 6.10 Å². The Labute approximate surface area is 143 Å². The van der Waals surface area contributed by atoms with E-state index in [1.165, 1.54) is 6.42 Å². The second-order valence-electron chi connectivity index (χ2n) is 5.65. The summed E-state index contributed by atoms with van der Waals surface area (Å²) in [6.07, 6.45) is 4.22. The van der Waals surface area contributed by atoms with E-state index in [2.05, 4.69) is 27.1 Å². The normalized spacial score (nSPS) is 28.0. The maximum Gasteiger partial charge on any atom is 0.213 e. The van der Waals surface area contributed by atoms with E-state index in [4.69, 9.17) is 4.74 Å². The molecule has 5 nitrogen and oxygen atoms in total. The molecule has 0 radical (unpaired) electrons. The van der Waals surface area contributed by atoms with E-state index < -0.39 is 0 Å². The first kappa shape index (κ1) is 16.3. The fourth-order valence-corrected chi connectivity index (χ4v) is 2.59. The fourth-order valence-electron chi connectivity index (χ4n) is 2.59. The Balaban J connectivity index is 0.00000161. The van der Waals surface area contributed by atoms with Gasteiger partial charge in [0.25, 0.3) is 0 Å². The Morgan fingerprint density at radius 2 is 2.29 bits per heavy atom. The van der Waals surface area contributed by atoms with E-state index in [-0.39, 0.29) is 30.1 Å². The maximum atomic E-state index is 5.91. The summed E-state index contributed by atoms with van der Waals surface area (Å²) in [4.78, 5) is 10.9. The van der Waals surface area contributed by atoms with Crippen molar-refractivity contribution < 1.29 is 4.74 Å². The Morgan fingerprint density at radius 3 is 2.90 bits per heavy atom. The molecule has 6 heteroatoms. The summed E-state index contributed by atoms with van der Waals surface area (Å²) >= 11 is 0. The number of rotatable bonds is 3. The van der Waals surface area contributed by atoms with Gasteiger partial charge >= 0.3 is 0 Å². The number of nitrogens with zero attached hydrogens (tertiary/aromatic N) is 3. The van der Waals surface area contributed by atoms with Gasteiger partial charge in [0.15, 0.2) is 5.96 Å². The van der Waals surface area contributed by atoms with E-state index in [0.717, 1.165) is 31.4 Å². The van der Waals surface area contributed by atoms with Gasteiger partial charge in [-0.1, -0.05) is 13.0 Å². The van der Waals surface area contributed by atoms with E-state index in [1.54, 1.807) is 6.20 Å². The molecule has 1 saturated carbocycles. The molecule has 3 atom stereocenters. The summed E-state index contributed by atoms with van der Waals surface area (Å²) in [6.45, 7) is 4.12. The van der Waals surface area contributed by atoms with Crippen LogP contribution in [0.25, 0.3) is 0 Å². The number of guanidine groups is 1. The van der Waals surface area contributed by atoms with Gasteiger partial charge in [0, 0.05) is 38.3 Å². The van der Waals surface area contributed by atoms with Crippen molar-refractivity contribution in [2.45, 2.75) is 31.9 Å². The largest absolute Gasteiger partial charge is 0.472 e. The average molecular weight is 402 g/mol. The van der Waals surface area contributed by atoms with Crippen LogP contribution in [-0.4, -0.2) is 48.1 Å². The number of nitrogens with one attached hydrogen (secondary N) is 1. The quantitative estimate of drug-likeness (QED) is 0.478. The Hall–Kier alpha value is -1.05. The molecule has 0 amide bonds. The summed E-state index contributed by atoms with van der Waals surface area (Å²) in [5.74, 6) is 2.49. The zero-order chi connectivity index (χ0) is 13.9. The van der Waals surface area contributed by atoms with Crippen LogP contribution in [0.4, 0.5) is 0 Å². The zero-order valence-electron chi connectivity index (χ0n) is 12.5. The highest BCUT2D eigenvalue weighted by molar-refractivity contribution is 14.0. The van der Waals surface area contributed by atoms with Gasteiger partial charge in [-0.15, -0.1) is 24.0 Å². The third-order valence-electron chi connectivity index (χ3n) is 4.01. The monoisotopic (exact) mass is 402 g/mol. The average Bonchev–Trinajstić information content (AvgIpc) is 2.97. The predicted octanol–water partition coefficient (Wildman–Crippen LogP) is 2.14. The smallest absolute Gasteiger partial charge is 0.213 e. The van der Waals surface area contributed by atoms with Crippen LogP contribution in [0.1, 0.15) is 19.8 Å². The molecule has 0 spiro atoms. The molecule has 116 valence electrons. The molecule has 21 heavy (non-hydrogen) atoms. The molecule has 2 aliphatic rings. The standard InChI is InChI=1S/C15H22N4O.HI/c1-11-9-13(11)18-15(16-2)19-8-6-12(10-19)20-14-5-3-4-7-17-14;/h3-5,7,11-13H,6,8-10H2,1-2H3,(H,16,18);1H. The van der Waals surface area contributed by atoms with Crippen molar-refractivity contribution in [3.8, 4) is 5.88 Å². The van der Waals surface area contributed by atoms with E-state index in [1.807, 2.05) is 25.2 Å². The molecular weight excluding hydrogens is 379 g/mol. The molecule has 2 fully saturated rings.